The zero-order chi connectivity index (χ0) is 17.0. The highest BCUT2D eigenvalue weighted by Crippen LogP contribution is 2.16. The smallest absolute Gasteiger partial charge is 0.306 e. The fraction of sp³-hybridized carbons (Fsp3) is 0.462. The minimum atomic E-state index is -0.524. The van der Waals surface area contributed by atoms with Crippen LogP contribution in [-0.4, -0.2) is 42.3 Å². The Morgan fingerprint density at radius 2 is 2.17 bits per heavy atom. The summed E-state index contributed by atoms with van der Waals surface area (Å²) < 4.78 is 3.08. The van der Waals surface area contributed by atoms with Crippen molar-refractivity contribution in [1.82, 2.24) is 24.5 Å². The van der Waals surface area contributed by atoms with Crippen molar-refractivity contribution in [1.29, 1.82) is 0 Å². The van der Waals surface area contributed by atoms with Crippen LogP contribution in [0.2, 0.25) is 5.02 Å². The second kappa shape index (κ2) is 7.23. The van der Waals surface area contributed by atoms with Crippen LogP contribution in [-0.2, 0) is 24.4 Å². The van der Waals surface area contributed by atoms with E-state index in [0.29, 0.717) is 23.8 Å². The molecule has 2 aromatic rings. The van der Waals surface area contributed by atoms with Gasteiger partial charge in [-0.1, -0.05) is 11.6 Å². The van der Waals surface area contributed by atoms with Gasteiger partial charge in [0.2, 0.25) is 5.91 Å². The number of amides is 1. The third kappa shape index (κ3) is 4.28. The molecule has 124 valence electrons. The first kappa shape index (κ1) is 16.9. The number of hydrogen-bond acceptors (Lipinski definition) is 5. The third-order valence-electron chi connectivity index (χ3n) is 3.31. The van der Waals surface area contributed by atoms with Gasteiger partial charge in [-0.3, -0.25) is 24.3 Å². The molecule has 0 saturated carbocycles. The number of carbonyl (C=O) groups is 1. The summed E-state index contributed by atoms with van der Waals surface area (Å²) in [6, 6.07) is 0. The summed E-state index contributed by atoms with van der Waals surface area (Å²) in [5.74, 6) is -0.120. The van der Waals surface area contributed by atoms with E-state index >= 15 is 0 Å². The van der Waals surface area contributed by atoms with Crippen molar-refractivity contribution >= 4 is 23.2 Å². The molecule has 0 radical (unpaired) electrons. The highest BCUT2D eigenvalue weighted by Gasteiger charge is 2.15. The zero-order valence-electron chi connectivity index (χ0n) is 12.8. The van der Waals surface area contributed by atoms with Gasteiger partial charge >= 0.3 is 5.69 Å². The number of rotatable bonds is 7. The highest BCUT2D eigenvalue weighted by atomic mass is 35.5. The first-order chi connectivity index (χ1) is 10.9. The quantitative estimate of drug-likeness (QED) is 0.564. The second-order valence-electron chi connectivity index (χ2n) is 5.00. The molecule has 0 unspecified atom stereocenters. The van der Waals surface area contributed by atoms with Crippen LogP contribution in [0.5, 0.6) is 0 Å². The number of hydrogen-bond donors (Lipinski definition) is 0. The van der Waals surface area contributed by atoms with E-state index in [4.69, 9.17) is 11.6 Å². The van der Waals surface area contributed by atoms with E-state index < -0.39 is 4.92 Å². The molecular formula is C13H17ClN6O3. The van der Waals surface area contributed by atoms with Gasteiger partial charge in [0.05, 0.1) is 16.5 Å². The predicted molar refractivity (Wildman–Crippen MR) is 82.9 cm³/mol. The Kier molecular flexibility index (Phi) is 5.32. The number of carbonyl (C=O) groups excluding carboxylic acids is 1. The van der Waals surface area contributed by atoms with E-state index in [1.54, 1.807) is 17.9 Å². The van der Waals surface area contributed by atoms with Crippen molar-refractivity contribution in [2.75, 3.05) is 7.05 Å². The normalized spacial score (nSPS) is 10.7. The lowest BCUT2D eigenvalue weighted by Crippen LogP contribution is -2.27. The topological polar surface area (TPSA) is 99.1 Å². The lowest BCUT2D eigenvalue weighted by Gasteiger charge is -2.16. The molecule has 0 aromatic carbocycles. The van der Waals surface area contributed by atoms with E-state index in [1.165, 1.54) is 15.8 Å². The van der Waals surface area contributed by atoms with Gasteiger partial charge in [-0.2, -0.15) is 10.2 Å². The number of halogens is 1. The Bertz CT molecular complexity index is 710. The van der Waals surface area contributed by atoms with Gasteiger partial charge in [0, 0.05) is 32.8 Å². The van der Waals surface area contributed by atoms with E-state index in [0.717, 1.165) is 6.20 Å². The van der Waals surface area contributed by atoms with Crippen LogP contribution in [0.1, 0.15) is 19.0 Å². The maximum absolute atomic E-state index is 12.1. The molecule has 0 spiro atoms. The summed E-state index contributed by atoms with van der Waals surface area (Å²) in [5.41, 5.74) is 0.543. The molecule has 0 aliphatic rings. The van der Waals surface area contributed by atoms with Crippen LogP contribution < -0.4 is 0 Å². The van der Waals surface area contributed by atoms with Crippen LogP contribution >= 0.6 is 11.6 Å². The van der Waals surface area contributed by atoms with Crippen LogP contribution in [0.15, 0.2) is 18.6 Å². The summed E-state index contributed by atoms with van der Waals surface area (Å²) in [6.07, 6.45) is 4.36. The second-order valence-corrected chi connectivity index (χ2v) is 5.41. The average molecular weight is 341 g/mol. The van der Waals surface area contributed by atoms with Gasteiger partial charge in [-0.15, -0.1) is 0 Å². The van der Waals surface area contributed by atoms with E-state index in [9.17, 15) is 14.9 Å². The standard InChI is InChI=1S/C13H17ClN6O3/c1-3-18-8-11(14)12(16-18)9-17(2)13(21)4-5-19-7-10(6-15-19)20(22)23/h6-8H,3-5,9H2,1-2H3. The lowest BCUT2D eigenvalue weighted by molar-refractivity contribution is -0.385. The Labute approximate surface area is 137 Å². The average Bonchev–Trinajstić information content (AvgIpc) is 3.12. The molecule has 2 heterocycles. The minimum Gasteiger partial charge on any atom is -0.340 e. The largest absolute Gasteiger partial charge is 0.340 e. The van der Waals surface area contributed by atoms with Crippen molar-refractivity contribution in [2.45, 2.75) is 33.0 Å². The first-order valence-corrected chi connectivity index (χ1v) is 7.41. The van der Waals surface area contributed by atoms with Crippen LogP contribution in [0.3, 0.4) is 0 Å². The van der Waals surface area contributed by atoms with E-state index in [-0.39, 0.29) is 24.6 Å². The summed E-state index contributed by atoms with van der Waals surface area (Å²) in [4.78, 5) is 23.7. The Morgan fingerprint density at radius 1 is 1.43 bits per heavy atom. The fourth-order valence-corrected chi connectivity index (χ4v) is 2.20. The molecular weight excluding hydrogens is 324 g/mol. The predicted octanol–water partition coefficient (Wildman–Crippen LogP) is 1.71. The number of nitro groups is 1. The van der Waals surface area contributed by atoms with Crippen molar-refractivity contribution in [3.8, 4) is 0 Å². The van der Waals surface area contributed by atoms with Crippen LogP contribution in [0, 0.1) is 10.1 Å². The molecule has 0 aliphatic carbocycles. The molecule has 0 fully saturated rings. The maximum Gasteiger partial charge on any atom is 0.306 e. The summed E-state index contributed by atoms with van der Waals surface area (Å²) in [5, 5.41) is 19.2. The molecule has 23 heavy (non-hydrogen) atoms. The third-order valence-corrected chi connectivity index (χ3v) is 3.62. The molecule has 0 saturated heterocycles. The van der Waals surface area contributed by atoms with Gasteiger partial charge in [0.25, 0.3) is 0 Å². The molecule has 10 heteroatoms. The summed E-state index contributed by atoms with van der Waals surface area (Å²) in [6.45, 7) is 3.23. The van der Waals surface area contributed by atoms with E-state index in [1.807, 2.05) is 6.92 Å². The number of nitrogens with zero attached hydrogens (tertiary/aromatic N) is 6. The van der Waals surface area contributed by atoms with Gasteiger partial charge in [-0.25, -0.2) is 0 Å². The van der Waals surface area contributed by atoms with Crippen LogP contribution in [0.4, 0.5) is 5.69 Å². The Hall–Kier alpha value is -2.42. The van der Waals surface area contributed by atoms with Crippen molar-refractivity contribution < 1.29 is 9.72 Å². The van der Waals surface area contributed by atoms with E-state index in [2.05, 4.69) is 10.2 Å². The van der Waals surface area contributed by atoms with Crippen molar-refractivity contribution in [3.63, 3.8) is 0 Å². The first-order valence-electron chi connectivity index (χ1n) is 7.03. The molecule has 9 nitrogen and oxygen atoms in total. The van der Waals surface area contributed by atoms with Crippen LogP contribution in [0.25, 0.3) is 0 Å². The maximum atomic E-state index is 12.1. The SMILES string of the molecule is CCn1cc(Cl)c(CN(C)C(=O)CCn2cc([N+](=O)[O-])cn2)n1. The number of aromatic nitrogens is 4. The zero-order valence-corrected chi connectivity index (χ0v) is 13.6. The minimum absolute atomic E-state index is 0.0947. The Morgan fingerprint density at radius 3 is 2.74 bits per heavy atom. The molecule has 1 amide bonds. The van der Waals surface area contributed by atoms with Gasteiger partial charge in [0.1, 0.15) is 18.1 Å². The van der Waals surface area contributed by atoms with Crippen molar-refractivity contribution in [3.05, 3.63) is 39.4 Å². The molecule has 0 N–H and O–H groups in total. The van der Waals surface area contributed by atoms with Gasteiger partial charge in [0.15, 0.2) is 0 Å². The molecule has 2 aromatic heterocycles. The van der Waals surface area contributed by atoms with Crippen molar-refractivity contribution in [2.24, 2.45) is 0 Å². The Balaban J connectivity index is 1.89. The van der Waals surface area contributed by atoms with Gasteiger partial charge < -0.3 is 4.90 Å². The molecule has 2 rings (SSSR count). The fourth-order valence-electron chi connectivity index (χ4n) is 1.99. The summed E-state index contributed by atoms with van der Waals surface area (Å²) >= 11 is 6.08. The summed E-state index contributed by atoms with van der Waals surface area (Å²) in [7, 11) is 1.66. The molecule has 0 atom stereocenters. The number of aryl methyl sites for hydroxylation is 2. The lowest BCUT2D eigenvalue weighted by atomic mass is 10.3. The molecule has 0 bridgehead atoms. The highest BCUT2D eigenvalue weighted by molar-refractivity contribution is 6.31. The monoisotopic (exact) mass is 340 g/mol. The molecule has 0 aliphatic heterocycles. The van der Waals surface area contributed by atoms with Gasteiger partial charge in [-0.05, 0) is 6.92 Å².